The first-order chi connectivity index (χ1) is 5.01. The molecule has 0 aromatic rings. The number of carboxylic acid groups (broad SMARTS) is 2. The third-order valence-corrected chi connectivity index (χ3v) is 0.977. The van der Waals surface area contributed by atoms with Gasteiger partial charge in [0.25, 0.3) is 0 Å². The summed E-state index contributed by atoms with van der Waals surface area (Å²) in [6, 6.07) is 1.81. The topological polar surface area (TPSA) is 122 Å². The lowest BCUT2D eigenvalue weighted by Crippen LogP contribution is -2.36. The van der Waals surface area contributed by atoms with Crippen molar-refractivity contribution in [3.05, 3.63) is 0 Å². The zero-order valence-corrected chi connectivity index (χ0v) is 5.11. The second-order valence-electron chi connectivity index (χ2n) is 1.58. The summed E-state index contributed by atoms with van der Waals surface area (Å²) >= 11 is 0. The van der Waals surface area contributed by atoms with E-state index < -0.39 is 17.4 Å². The molecule has 0 spiro atoms. The highest BCUT2D eigenvalue weighted by Gasteiger charge is 2.48. The van der Waals surface area contributed by atoms with E-state index in [0.717, 1.165) is 12.1 Å². The Balaban J connectivity index is 5.19. The highest BCUT2D eigenvalue weighted by Crippen LogP contribution is 2.14. The van der Waals surface area contributed by atoms with Crippen LogP contribution in [0.2, 0.25) is 0 Å². The molecular formula is C5H2N2O4. The Morgan fingerprint density at radius 1 is 1.09 bits per heavy atom. The first-order valence-electron chi connectivity index (χ1n) is 2.30. The summed E-state index contributed by atoms with van der Waals surface area (Å²) in [5.74, 6) is -3.95. The number of carboxylic acids is 2. The van der Waals surface area contributed by atoms with Crippen molar-refractivity contribution in [2.45, 2.75) is 0 Å². The number of aliphatic carboxylic acids is 2. The third kappa shape index (κ3) is 1.10. The smallest absolute Gasteiger partial charge is 0.350 e. The predicted molar refractivity (Wildman–Crippen MR) is 28.9 cm³/mol. The van der Waals surface area contributed by atoms with Crippen LogP contribution in [0.25, 0.3) is 0 Å². The van der Waals surface area contributed by atoms with Gasteiger partial charge in [-0.05, 0) is 0 Å². The summed E-state index contributed by atoms with van der Waals surface area (Å²) in [5.41, 5.74) is -2.97. The lowest BCUT2D eigenvalue weighted by molar-refractivity contribution is -0.156. The highest BCUT2D eigenvalue weighted by molar-refractivity contribution is 6.04. The summed E-state index contributed by atoms with van der Waals surface area (Å²) in [6.07, 6.45) is 0. The first kappa shape index (κ1) is 8.92. The van der Waals surface area contributed by atoms with Crippen LogP contribution in [-0.2, 0) is 9.59 Å². The van der Waals surface area contributed by atoms with E-state index in [0.29, 0.717) is 0 Å². The molecule has 0 aromatic heterocycles. The monoisotopic (exact) mass is 154 g/mol. The Bertz CT molecular complexity index is 252. The van der Waals surface area contributed by atoms with Gasteiger partial charge in [-0.15, -0.1) is 0 Å². The summed E-state index contributed by atoms with van der Waals surface area (Å²) in [5, 5.41) is 32.5. The van der Waals surface area contributed by atoms with Gasteiger partial charge in [-0.1, -0.05) is 0 Å². The van der Waals surface area contributed by atoms with Crippen molar-refractivity contribution in [2.75, 3.05) is 0 Å². The molecule has 0 rings (SSSR count). The molecule has 0 unspecified atom stereocenters. The van der Waals surface area contributed by atoms with Crippen molar-refractivity contribution < 1.29 is 19.8 Å². The molecule has 0 radical (unpaired) electrons. The van der Waals surface area contributed by atoms with Crippen molar-refractivity contribution in [3.8, 4) is 12.1 Å². The van der Waals surface area contributed by atoms with E-state index in [9.17, 15) is 9.59 Å². The quantitative estimate of drug-likeness (QED) is 0.501. The molecule has 0 amide bonds. The predicted octanol–water partition coefficient (Wildman–Crippen LogP) is -0.811. The Hall–Kier alpha value is -2.08. The fourth-order valence-corrected chi connectivity index (χ4v) is 0.308. The molecule has 0 atom stereocenters. The normalized spacial score (nSPS) is 9.27. The average molecular weight is 154 g/mol. The number of nitriles is 2. The van der Waals surface area contributed by atoms with E-state index in [1.54, 1.807) is 0 Å². The van der Waals surface area contributed by atoms with Crippen LogP contribution in [0.1, 0.15) is 0 Å². The van der Waals surface area contributed by atoms with Crippen LogP contribution in [-0.4, -0.2) is 22.2 Å². The number of hydrogen-bond acceptors (Lipinski definition) is 4. The van der Waals surface area contributed by atoms with Crippen LogP contribution in [0.15, 0.2) is 0 Å². The van der Waals surface area contributed by atoms with Crippen molar-refractivity contribution in [1.82, 2.24) is 0 Å². The van der Waals surface area contributed by atoms with Gasteiger partial charge in [0.2, 0.25) is 0 Å². The van der Waals surface area contributed by atoms with Gasteiger partial charge in [-0.3, -0.25) is 0 Å². The Kier molecular flexibility index (Phi) is 2.16. The van der Waals surface area contributed by atoms with Gasteiger partial charge in [0.1, 0.15) is 12.1 Å². The zero-order chi connectivity index (χ0) is 9.07. The van der Waals surface area contributed by atoms with E-state index in [1.807, 2.05) is 0 Å². The van der Waals surface area contributed by atoms with Crippen LogP contribution >= 0.6 is 0 Å². The second-order valence-corrected chi connectivity index (χ2v) is 1.58. The van der Waals surface area contributed by atoms with Gasteiger partial charge in [0, 0.05) is 0 Å². The average Bonchev–Trinajstić information content (AvgIpc) is 1.90. The molecule has 11 heavy (non-hydrogen) atoms. The molecule has 56 valence electrons. The third-order valence-electron chi connectivity index (χ3n) is 0.977. The fraction of sp³-hybridized carbons (Fsp3) is 0.200. The molecule has 0 saturated carbocycles. The summed E-state index contributed by atoms with van der Waals surface area (Å²) < 4.78 is 0. The number of nitrogens with zero attached hydrogens (tertiary/aromatic N) is 2. The van der Waals surface area contributed by atoms with Crippen molar-refractivity contribution in [2.24, 2.45) is 5.41 Å². The van der Waals surface area contributed by atoms with Gasteiger partial charge >= 0.3 is 17.4 Å². The van der Waals surface area contributed by atoms with Crippen LogP contribution in [0.3, 0.4) is 0 Å². The Labute approximate surface area is 60.9 Å². The van der Waals surface area contributed by atoms with E-state index >= 15 is 0 Å². The lowest BCUT2D eigenvalue weighted by atomic mass is 9.93. The van der Waals surface area contributed by atoms with Gasteiger partial charge < -0.3 is 10.2 Å². The van der Waals surface area contributed by atoms with Crippen molar-refractivity contribution in [3.63, 3.8) is 0 Å². The molecule has 0 saturated heterocycles. The minimum Gasteiger partial charge on any atom is -0.479 e. The van der Waals surface area contributed by atoms with E-state index in [2.05, 4.69) is 0 Å². The minimum absolute atomic E-state index is 0.904. The van der Waals surface area contributed by atoms with Crippen LogP contribution in [0, 0.1) is 28.1 Å². The standard InChI is InChI=1S/C5H2N2O4/c6-1-5(2-7,3(8)9)4(10)11/h(H,8,9)(H,10,11). The van der Waals surface area contributed by atoms with E-state index in [4.69, 9.17) is 20.7 Å². The Morgan fingerprint density at radius 3 is 1.36 bits per heavy atom. The second kappa shape index (κ2) is 2.67. The lowest BCUT2D eigenvalue weighted by Gasteiger charge is -2.04. The SMILES string of the molecule is N#CC(C#N)(C(=O)O)C(=O)O. The molecule has 0 aliphatic rings. The van der Waals surface area contributed by atoms with Gasteiger partial charge in [0.15, 0.2) is 0 Å². The molecule has 6 heteroatoms. The molecule has 6 nitrogen and oxygen atoms in total. The molecule has 0 fully saturated rings. The minimum atomic E-state index is -2.97. The van der Waals surface area contributed by atoms with Crippen molar-refractivity contribution >= 4 is 11.9 Å². The maximum absolute atomic E-state index is 10.1. The largest absolute Gasteiger partial charge is 0.479 e. The molecule has 0 aliphatic heterocycles. The van der Waals surface area contributed by atoms with Crippen LogP contribution in [0.5, 0.6) is 0 Å². The molecule has 0 bridgehead atoms. The molecule has 2 N–H and O–H groups in total. The highest BCUT2D eigenvalue weighted by atomic mass is 16.4. The zero-order valence-electron chi connectivity index (χ0n) is 5.11. The molecule has 0 heterocycles. The fourth-order valence-electron chi connectivity index (χ4n) is 0.308. The van der Waals surface area contributed by atoms with Crippen LogP contribution in [0.4, 0.5) is 0 Å². The summed E-state index contributed by atoms with van der Waals surface area (Å²) in [4.78, 5) is 20.2. The van der Waals surface area contributed by atoms with Crippen LogP contribution < -0.4 is 0 Å². The number of hydrogen-bond donors (Lipinski definition) is 2. The molecule has 0 aliphatic carbocycles. The molecular weight excluding hydrogens is 152 g/mol. The van der Waals surface area contributed by atoms with Gasteiger partial charge in [-0.2, -0.15) is 10.5 Å². The maximum atomic E-state index is 10.1. The van der Waals surface area contributed by atoms with E-state index in [1.165, 1.54) is 0 Å². The van der Waals surface area contributed by atoms with Gasteiger partial charge in [0.05, 0.1) is 0 Å². The molecule has 0 aromatic carbocycles. The van der Waals surface area contributed by atoms with Gasteiger partial charge in [-0.25, -0.2) is 9.59 Å². The first-order valence-corrected chi connectivity index (χ1v) is 2.30. The summed E-state index contributed by atoms with van der Waals surface area (Å²) in [6.45, 7) is 0. The number of carbonyl (C=O) groups is 2. The van der Waals surface area contributed by atoms with Crippen molar-refractivity contribution in [1.29, 1.82) is 10.5 Å². The number of rotatable bonds is 2. The summed E-state index contributed by atoms with van der Waals surface area (Å²) in [7, 11) is 0. The maximum Gasteiger partial charge on any atom is 0.350 e. The van der Waals surface area contributed by atoms with E-state index in [-0.39, 0.29) is 0 Å². The Morgan fingerprint density at radius 2 is 1.36 bits per heavy atom.